The number of carbonyl (C=O) groups is 2. The summed E-state index contributed by atoms with van der Waals surface area (Å²) < 4.78 is 5.08. The normalized spacial score (nSPS) is 10.1. The van der Waals surface area contributed by atoms with Gasteiger partial charge in [0.15, 0.2) is 0 Å². The Balaban J connectivity index is 2.09. The van der Waals surface area contributed by atoms with Gasteiger partial charge in [-0.1, -0.05) is 19.1 Å². The van der Waals surface area contributed by atoms with Crippen molar-refractivity contribution in [3.63, 3.8) is 0 Å². The Bertz CT molecular complexity index is 690. The van der Waals surface area contributed by atoms with Gasteiger partial charge in [0, 0.05) is 17.7 Å². The Morgan fingerprint density at radius 1 is 1.05 bits per heavy atom. The molecule has 0 spiro atoms. The molecule has 0 aromatic heterocycles. The average molecular weight is 297 g/mol. The number of amides is 1. The van der Waals surface area contributed by atoms with Crippen LogP contribution < -0.4 is 10.1 Å². The molecule has 2 rings (SSSR count). The third kappa shape index (κ3) is 3.95. The maximum Gasteiger partial charge on any atom is 0.310 e. The Hall–Kier alpha value is -2.62. The lowest BCUT2D eigenvalue weighted by Crippen LogP contribution is -2.13. The lowest BCUT2D eigenvalue weighted by Gasteiger charge is -2.10. The van der Waals surface area contributed by atoms with E-state index < -0.39 is 0 Å². The van der Waals surface area contributed by atoms with E-state index in [1.165, 1.54) is 0 Å². The highest BCUT2D eigenvalue weighted by molar-refractivity contribution is 6.04. The van der Waals surface area contributed by atoms with Crippen molar-refractivity contribution in [2.24, 2.45) is 0 Å². The van der Waals surface area contributed by atoms with Crippen LogP contribution in [-0.2, 0) is 4.79 Å². The van der Waals surface area contributed by atoms with Crippen LogP contribution >= 0.6 is 0 Å². The van der Waals surface area contributed by atoms with Gasteiger partial charge in [-0.3, -0.25) is 9.59 Å². The molecule has 0 unspecified atom stereocenters. The maximum atomic E-state index is 12.2. The van der Waals surface area contributed by atoms with E-state index in [4.69, 9.17) is 4.74 Å². The van der Waals surface area contributed by atoms with Gasteiger partial charge in [0.05, 0.1) is 0 Å². The van der Waals surface area contributed by atoms with Crippen LogP contribution in [0.15, 0.2) is 42.5 Å². The summed E-state index contributed by atoms with van der Waals surface area (Å²) in [4.78, 5) is 23.5. The third-order valence-electron chi connectivity index (χ3n) is 3.28. The Kier molecular flexibility index (Phi) is 4.94. The van der Waals surface area contributed by atoms with Crippen molar-refractivity contribution < 1.29 is 14.3 Å². The van der Waals surface area contributed by atoms with Gasteiger partial charge in [0.25, 0.3) is 5.91 Å². The predicted octanol–water partition coefficient (Wildman–Crippen LogP) is 3.87. The highest BCUT2D eigenvalue weighted by Crippen LogP contribution is 2.18. The van der Waals surface area contributed by atoms with Crippen molar-refractivity contribution >= 4 is 17.6 Å². The molecule has 0 radical (unpaired) electrons. The topological polar surface area (TPSA) is 55.4 Å². The molecule has 114 valence electrons. The molecule has 0 atom stereocenters. The van der Waals surface area contributed by atoms with Crippen LogP contribution in [0.4, 0.5) is 5.69 Å². The van der Waals surface area contributed by atoms with Gasteiger partial charge >= 0.3 is 5.97 Å². The van der Waals surface area contributed by atoms with Crippen molar-refractivity contribution in [3.8, 4) is 5.75 Å². The first kappa shape index (κ1) is 15.8. The number of rotatable bonds is 4. The number of esters is 1. The molecule has 0 bridgehead atoms. The molecule has 0 aliphatic rings. The summed E-state index contributed by atoms with van der Waals surface area (Å²) in [7, 11) is 0. The monoisotopic (exact) mass is 297 g/mol. The van der Waals surface area contributed by atoms with E-state index in [-0.39, 0.29) is 11.9 Å². The summed E-state index contributed by atoms with van der Waals surface area (Å²) in [5, 5.41) is 2.89. The number of ether oxygens (including phenoxy) is 1. The first-order chi connectivity index (χ1) is 10.5. The van der Waals surface area contributed by atoms with Gasteiger partial charge < -0.3 is 10.1 Å². The second-order valence-corrected chi connectivity index (χ2v) is 5.12. The fourth-order valence-electron chi connectivity index (χ4n) is 1.94. The largest absolute Gasteiger partial charge is 0.427 e. The van der Waals surface area contributed by atoms with E-state index in [9.17, 15) is 9.59 Å². The Labute approximate surface area is 130 Å². The Morgan fingerprint density at radius 2 is 1.73 bits per heavy atom. The zero-order valence-electron chi connectivity index (χ0n) is 13.0. The molecular weight excluding hydrogens is 278 g/mol. The minimum atomic E-state index is -0.299. The van der Waals surface area contributed by atoms with E-state index in [0.29, 0.717) is 17.7 Å². The van der Waals surface area contributed by atoms with Crippen LogP contribution in [0.3, 0.4) is 0 Å². The number of benzene rings is 2. The SMILES string of the molecule is CCC(=O)Oc1ccc(C(=O)Nc2cc(C)ccc2C)cc1. The van der Waals surface area contributed by atoms with Crippen LogP contribution in [0.2, 0.25) is 0 Å². The maximum absolute atomic E-state index is 12.2. The number of aryl methyl sites for hydroxylation is 2. The van der Waals surface area contributed by atoms with Crippen LogP contribution in [0.5, 0.6) is 5.75 Å². The molecule has 0 saturated carbocycles. The molecule has 0 saturated heterocycles. The van der Waals surface area contributed by atoms with Crippen molar-refractivity contribution in [2.45, 2.75) is 27.2 Å². The molecule has 1 N–H and O–H groups in total. The summed E-state index contributed by atoms with van der Waals surface area (Å²) >= 11 is 0. The standard InChI is InChI=1S/C18H19NO3/c1-4-17(20)22-15-9-7-14(8-10-15)18(21)19-16-11-12(2)5-6-13(16)3/h5-11H,4H2,1-3H3,(H,19,21). The second kappa shape index (κ2) is 6.89. The van der Waals surface area contributed by atoms with Gasteiger partial charge in [-0.25, -0.2) is 0 Å². The first-order valence-corrected chi connectivity index (χ1v) is 7.19. The molecule has 0 aliphatic heterocycles. The molecule has 2 aromatic rings. The fraction of sp³-hybridized carbons (Fsp3) is 0.222. The third-order valence-corrected chi connectivity index (χ3v) is 3.28. The van der Waals surface area contributed by atoms with Gasteiger partial charge in [0.2, 0.25) is 0 Å². The molecular formula is C18H19NO3. The predicted molar refractivity (Wildman–Crippen MR) is 86.2 cm³/mol. The molecule has 0 aliphatic carbocycles. The number of nitrogens with one attached hydrogen (secondary N) is 1. The van der Waals surface area contributed by atoms with Crippen LogP contribution in [0.1, 0.15) is 34.8 Å². The van der Waals surface area contributed by atoms with E-state index in [1.807, 2.05) is 32.0 Å². The lowest BCUT2D eigenvalue weighted by molar-refractivity contribution is -0.134. The fourth-order valence-corrected chi connectivity index (χ4v) is 1.94. The zero-order valence-corrected chi connectivity index (χ0v) is 13.0. The minimum Gasteiger partial charge on any atom is -0.427 e. The van der Waals surface area contributed by atoms with Crippen molar-refractivity contribution in [3.05, 3.63) is 59.2 Å². The number of hydrogen-bond acceptors (Lipinski definition) is 3. The molecule has 0 fully saturated rings. The quantitative estimate of drug-likeness (QED) is 0.688. The molecule has 4 nitrogen and oxygen atoms in total. The first-order valence-electron chi connectivity index (χ1n) is 7.19. The van der Waals surface area contributed by atoms with Gasteiger partial charge in [-0.2, -0.15) is 0 Å². The lowest BCUT2D eigenvalue weighted by atomic mass is 10.1. The summed E-state index contributed by atoms with van der Waals surface area (Å²) in [5.41, 5.74) is 3.40. The van der Waals surface area contributed by atoms with Crippen molar-refractivity contribution in [1.29, 1.82) is 0 Å². The molecule has 4 heteroatoms. The van der Waals surface area contributed by atoms with E-state index in [1.54, 1.807) is 31.2 Å². The molecule has 0 heterocycles. The van der Waals surface area contributed by atoms with Gasteiger partial charge in [-0.05, 0) is 55.3 Å². The van der Waals surface area contributed by atoms with Crippen LogP contribution in [0.25, 0.3) is 0 Å². The van der Waals surface area contributed by atoms with Crippen molar-refractivity contribution in [2.75, 3.05) is 5.32 Å². The van der Waals surface area contributed by atoms with Crippen molar-refractivity contribution in [1.82, 2.24) is 0 Å². The van der Waals surface area contributed by atoms with Gasteiger partial charge in [0.1, 0.15) is 5.75 Å². The number of hydrogen-bond donors (Lipinski definition) is 1. The average Bonchev–Trinajstić information content (AvgIpc) is 2.51. The highest BCUT2D eigenvalue weighted by atomic mass is 16.5. The Morgan fingerprint density at radius 3 is 2.36 bits per heavy atom. The summed E-state index contributed by atoms with van der Waals surface area (Å²) in [6.45, 7) is 5.66. The summed E-state index contributed by atoms with van der Waals surface area (Å²) in [6.07, 6.45) is 0.314. The minimum absolute atomic E-state index is 0.193. The smallest absolute Gasteiger partial charge is 0.310 e. The zero-order chi connectivity index (χ0) is 16.1. The summed E-state index contributed by atoms with van der Waals surface area (Å²) in [6, 6.07) is 12.4. The molecule has 1 amide bonds. The van der Waals surface area contributed by atoms with E-state index in [0.717, 1.165) is 16.8 Å². The second-order valence-electron chi connectivity index (χ2n) is 5.12. The number of carbonyl (C=O) groups excluding carboxylic acids is 2. The van der Waals surface area contributed by atoms with Gasteiger partial charge in [-0.15, -0.1) is 0 Å². The van der Waals surface area contributed by atoms with Crippen LogP contribution in [-0.4, -0.2) is 11.9 Å². The van der Waals surface area contributed by atoms with E-state index >= 15 is 0 Å². The van der Waals surface area contributed by atoms with Crippen LogP contribution in [0, 0.1) is 13.8 Å². The highest BCUT2D eigenvalue weighted by Gasteiger charge is 2.09. The van der Waals surface area contributed by atoms with E-state index in [2.05, 4.69) is 5.32 Å². The summed E-state index contributed by atoms with van der Waals surface area (Å²) in [5.74, 6) is -0.0511. The number of anilines is 1. The molecule has 22 heavy (non-hydrogen) atoms. The molecule has 2 aromatic carbocycles.